The third kappa shape index (κ3) is 5.51. The Morgan fingerprint density at radius 3 is 2.30 bits per heavy atom. The number of hydrogen-bond donors (Lipinski definition) is 2. The molecule has 0 saturated carbocycles. The highest BCUT2D eigenvalue weighted by Crippen LogP contribution is 2.20. The molecule has 1 atom stereocenters. The van der Waals surface area contributed by atoms with Gasteiger partial charge in [0, 0.05) is 6.54 Å². The second-order valence-corrected chi connectivity index (χ2v) is 6.12. The molecule has 0 spiro atoms. The minimum atomic E-state index is -0.123. The Balaban J connectivity index is 2.59. The van der Waals surface area contributed by atoms with Crippen molar-refractivity contribution >= 4 is 6.03 Å². The lowest BCUT2D eigenvalue weighted by atomic mass is 9.97. The number of benzene rings is 1. The average molecular weight is 278 g/mol. The molecule has 20 heavy (non-hydrogen) atoms. The summed E-state index contributed by atoms with van der Waals surface area (Å²) in [5.41, 5.74) is 1.17. The van der Waals surface area contributed by atoms with Crippen LogP contribution in [0.2, 0.25) is 0 Å². The van der Waals surface area contributed by atoms with E-state index in [4.69, 9.17) is 4.74 Å². The second kappa shape index (κ2) is 7.17. The standard InChI is InChI=1S/C16H26N2O2/c1-6-14(12-7-9-13(20-5)10-8-12)18-15(19)17-11-16(2,3)4/h7-10,14H,6,11H2,1-5H3,(H2,17,18,19). The minimum absolute atomic E-state index is 0.0147. The molecule has 1 aromatic rings. The molecule has 0 heterocycles. The first-order valence-electron chi connectivity index (χ1n) is 7.04. The SMILES string of the molecule is CCC(NC(=O)NCC(C)(C)C)c1ccc(OC)cc1. The van der Waals surface area contributed by atoms with Gasteiger partial charge in [-0.25, -0.2) is 4.79 Å². The average Bonchev–Trinajstić information content (AvgIpc) is 2.42. The van der Waals surface area contributed by atoms with Gasteiger partial charge >= 0.3 is 6.03 Å². The van der Waals surface area contributed by atoms with Crippen LogP contribution >= 0.6 is 0 Å². The lowest BCUT2D eigenvalue weighted by Gasteiger charge is -2.22. The van der Waals surface area contributed by atoms with Crippen LogP contribution in [0.3, 0.4) is 0 Å². The van der Waals surface area contributed by atoms with Crippen molar-refractivity contribution < 1.29 is 9.53 Å². The van der Waals surface area contributed by atoms with Gasteiger partial charge in [-0.15, -0.1) is 0 Å². The molecule has 0 aliphatic heterocycles. The molecule has 1 unspecified atom stereocenters. The largest absolute Gasteiger partial charge is 0.497 e. The topological polar surface area (TPSA) is 50.4 Å². The van der Waals surface area contributed by atoms with Crippen LogP contribution in [0, 0.1) is 5.41 Å². The number of hydrogen-bond acceptors (Lipinski definition) is 2. The summed E-state index contributed by atoms with van der Waals surface area (Å²) in [6, 6.07) is 7.68. The fourth-order valence-electron chi connectivity index (χ4n) is 1.81. The molecular weight excluding hydrogens is 252 g/mol. The highest BCUT2D eigenvalue weighted by atomic mass is 16.5. The van der Waals surface area contributed by atoms with Gasteiger partial charge in [0.2, 0.25) is 0 Å². The molecule has 0 bridgehead atoms. The van der Waals surface area contributed by atoms with E-state index < -0.39 is 0 Å². The second-order valence-electron chi connectivity index (χ2n) is 6.12. The Bertz CT molecular complexity index is 421. The maximum atomic E-state index is 11.9. The van der Waals surface area contributed by atoms with E-state index in [1.807, 2.05) is 24.3 Å². The minimum Gasteiger partial charge on any atom is -0.497 e. The van der Waals surface area contributed by atoms with Gasteiger partial charge in [0.05, 0.1) is 13.2 Å². The molecule has 0 fully saturated rings. The van der Waals surface area contributed by atoms with E-state index in [2.05, 4.69) is 38.3 Å². The third-order valence-corrected chi connectivity index (χ3v) is 3.01. The van der Waals surface area contributed by atoms with Crippen molar-refractivity contribution in [3.8, 4) is 5.75 Å². The van der Waals surface area contributed by atoms with Gasteiger partial charge in [-0.2, -0.15) is 0 Å². The summed E-state index contributed by atoms with van der Waals surface area (Å²) in [4.78, 5) is 11.9. The molecule has 1 rings (SSSR count). The van der Waals surface area contributed by atoms with Gasteiger partial charge in [0.25, 0.3) is 0 Å². The van der Waals surface area contributed by atoms with Gasteiger partial charge in [0.1, 0.15) is 5.75 Å². The zero-order valence-corrected chi connectivity index (χ0v) is 13.1. The van der Waals surface area contributed by atoms with Crippen LogP contribution in [-0.2, 0) is 0 Å². The molecule has 2 N–H and O–H groups in total. The van der Waals surface area contributed by atoms with Crippen molar-refractivity contribution in [2.75, 3.05) is 13.7 Å². The lowest BCUT2D eigenvalue weighted by molar-refractivity contribution is 0.231. The van der Waals surface area contributed by atoms with Crippen LogP contribution in [0.1, 0.15) is 45.7 Å². The van der Waals surface area contributed by atoms with Crippen LogP contribution in [0.4, 0.5) is 4.79 Å². The Morgan fingerprint density at radius 1 is 1.25 bits per heavy atom. The van der Waals surface area contributed by atoms with Crippen LogP contribution in [0.5, 0.6) is 5.75 Å². The van der Waals surface area contributed by atoms with Crippen LogP contribution in [-0.4, -0.2) is 19.7 Å². The van der Waals surface area contributed by atoms with Crippen LogP contribution in [0.25, 0.3) is 0 Å². The van der Waals surface area contributed by atoms with Gasteiger partial charge in [0.15, 0.2) is 0 Å². The monoisotopic (exact) mass is 278 g/mol. The fourth-order valence-corrected chi connectivity index (χ4v) is 1.81. The molecule has 4 heteroatoms. The third-order valence-electron chi connectivity index (χ3n) is 3.01. The molecule has 0 aliphatic rings. The number of urea groups is 1. The molecular formula is C16H26N2O2. The van der Waals surface area contributed by atoms with E-state index in [1.54, 1.807) is 7.11 Å². The summed E-state index contributed by atoms with van der Waals surface area (Å²) >= 11 is 0. The lowest BCUT2D eigenvalue weighted by Crippen LogP contribution is -2.41. The molecule has 2 amide bonds. The molecule has 0 saturated heterocycles. The Morgan fingerprint density at radius 2 is 1.85 bits per heavy atom. The van der Waals surface area contributed by atoms with Crippen molar-refractivity contribution in [1.29, 1.82) is 0 Å². The van der Waals surface area contributed by atoms with Crippen molar-refractivity contribution in [2.24, 2.45) is 5.41 Å². The molecule has 4 nitrogen and oxygen atoms in total. The summed E-state index contributed by atoms with van der Waals surface area (Å²) < 4.78 is 5.14. The fraction of sp³-hybridized carbons (Fsp3) is 0.562. The normalized spacial score (nSPS) is 12.7. The van der Waals surface area contributed by atoms with Crippen molar-refractivity contribution in [3.63, 3.8) is 0 Å². The van der Waals surface area contributed by atoms with Crippen molar-refractivity contribution in [1.82, 2.24) is 10.6 Å². The van der Waals surface area contributed by atoms with Gasteiger partial charge in [-0.1, -0.05) is 39.8 Å². The van der Waals surface area contributed by atoms with E-state index in [-0.39, 0.29) is 17.5 Å². The first-order chi connectivity index (χ1) is 9.35. The number of methoxy groups -OCH3 is 1. The number of ether oxygens (including phenoxy) is 1. The van der Waals surface area contributed by atoms with Crippen molar-refractivity contribution in [2.45, 2.75) is 40.2 Å². The quantitative estimate of drug-likeness (QED) is 0.866. The highest BCUT2D eigenvalue weighted by Gasteiger charge is 2.15. The molecule has 0 radical (unpaired) electrons. The maximum absolute atomic E-state index is 11.9. The predicted octanol–water partition coefficient (Wildman–Crippen LogP) is 3.49. The van der Waals surface area contributed by atoms with Crippen LogP contribution < -0.4 is 15.4 Å². The highest BCUT2D eigenvalue weighted by molar-refractivity contribution is 5.74. The molecule has 1 aromatic carbocycles. The number of rotatable bonds is 5. The number of carbonyl (C=O) groups is 1. The summed E-state index contributed by atoms with van der Waals surface area (Å²) in [6.07, 6.45) is 0.843. The summed E-state index contributed by atoms with van der Waals surface area (Å²) in [7, 11) is 1.64. The van der Waals surface area contributed by atoms with Gasteiger partial charge in [-0.05, 0) is 29.5 Å². The molecule has 112 valence electrons. The zero-order valence-electron chi connectivity index (χ0n) is 13.1. The van der Waals surface area contributed by atoms with E-state index in [0.717, 1.165) is 17.7 Å². The van der Waals surface area contributed by atoms with Gasteiger partial charge < -0.3 is 15.4 Å². The Labute approximate surface area is 121 Å². The van der Waals surface area contributed by atoms with E-state index in [9.17, 15) is 4.79 Å². The first-order valence-corrected chi connectivity index (χ1v) is 7.04. The van der Waals surface area contributed by atoms with Crippen molar-refractivity contribution in [3.05, 3.63) is 29.8 Å². The molecule has 0 aromatic heterocycles. The summed E-state index contributed by atoms with van der Waals surface area (Å²) in [6.45, 7) is 8.98. The summed E-state index contributed by atoms with van der Waals surface area (Å²) in [5.74, 6) is 0.820. The number of nitrogens with one attached hydrogen (secondary N) is 2. The van der Waals surface area contributed by atoms with Crippen LogP contribution in [0.15, 0.2) is 24.3 Å². The number of carbonyl (C=O) groups excluding carboxylic acids is 1. The molecule has 0 aliphatic carbocycles. The maximum Gasteiger partial charge on any atom is 0.315 e. The Kier molecular flexibility index (Phi) is 5.86. The van der Waals surface area contributed by atoms with E-state index in [0.29, 0.717) is 6.54 Å². The predicted molar refractivity (Wildman–Crippen MR) is 82.0 cm³/mol. The number of amides is 2. The Hall–Kier alpha value is -1.71. The summed E-state index contributed by atoms with van der Waals surface area (Å²) in [5, 5.41) is 5.91. The smallest absolute Gasteiger partial charge is 0.315 e. The van der Waals surface area contributed by atoms with Gasteiger partial charge in [-0.3, -0.25) is 0 Å². The zero-order chi connectivity index (χ0) is 15.2. The first kappa shape index (κ1) is 16.3. The van der Waals surface area contributed by atoms with E-state index in [1.165, 1.54) is 0 Å². The van der Waals surface area contributed by atoms with E-state index >= 15 is 0 Å².